The van der Waals surface area contributed by atoms with Gasteiger partial charge in [0.15, 0.2) is 0 Å². The lowest BCUT2D eigenvalue weighted by molar-refractivity contribution is 0.347. The number of likely N-dealkylation sites (N-methyl/N-ethyl adjacent to an activating group) is 1. The summed E-state index contributed by atoms with van der Waals surface area (Å²) in [4.78, 5) is 2.21. The maximum atomic E-state index is 13.4. The van der Waals surface area contributed by atoms with E-state index in [-0.39, 0.29) is 10.5 Å². The molecule has 1 aliphatic rings. The van der Waals surface area contributed by atoms with Crippen LogP contribution in [0.2, 0.25) is 0 Å². The first kappa shape index (κ1) is 15.3. The van der Waals surface area contributed by atoms with Gasteiger partial charge < -0.3 is 4.90 Å². The van der Waals surface area contributed by atoms with Crippen LogP contribution in [-0.2, 0) is 0 Å². The van der Waals surface area contributed by atoms with Crippen molar-refractivity contribution in [3.05, 3.63) is 23.6 Å². The predicted octanol–water partition coefficient (Wildman–Crippen LogP) is 3.83. The molecule has 1 aliphatic carbocycles. The number of unbranched alkanes of at least 4 members (excludes halogenated alkanes) is 2. The van der Waals surface area contributed by atoms with Gasteiger partial charge in [0, 0.05) is 6.54 Å². The first-order chi connectivity index (χ1) is 7.24. The second-order valence-corrected chi connectivity index (χ2v) is 4.30. The second-order valence-electron chi connectivity index (χ2n) is 4.30. The van der Waals surface area contributed by atoms with Gasteiger partial charge in [0.2, 0.25) is 0 Å². The molecule has 16 heavy (non-hydrogen) atoms. The number of hydrogen-bond acceptors (Lipinski definition) is 1. The predicted molar refractivity (Wildman–Crippen MR) is 66.0 cm³/mol. The van der Waals surface area contributed by atoms with Crippen molar-refractivity contribution in [2.45, 2.75) is 39.0 Å². The van der Waals surface area contributed by atoms with Crippen molar-refractivity contribution in [3.63, 3.8) is 0 Å². The highest BCUT2D eigenvalue weighted by atomic mass is 19.1. The van der Waals surface area contributed by atoms with Gasteiger partial charge >= 0.3 is 0 Å². The van der Waals surface area contributed by atoms with E-state index in [0.29, 0.717) is 0 Å². The first-order valence-corrected chi connectivity index (χ1v) is 5.97. The molecule has 0 spiro atoms. The molecule has 1 rings (SSSR count). The molecule has 0 bridgehead atoms. The van der Waals surface area contributed by atoms with E-state index in [1.807, 2.05) is 6.08 Å². The van der Waals surface area contributed by atoms with Crippen LogP contribution < -0.4 is 0 Å². The van der Waals surface area contributed by atoms with Crippen molar-refractivity contribution >= 4 is 0 Å². The maximum absolute atomic E-state index is 13.4. The highest BCUT2D eigenvalue weighted by Crippen LogP contribution is 2.20. The van der Waals surface area contributed by atoms with Crippen molar-refractivity contribution in [2.75, 3.05) is 20.1 Å². The molecule has 94 valence electrons. The molecule has 0 fully saturated rings. The van der Waals surface area contributed by atoms with Crippen molar-refractivity contribution < 1.29 is 9.09 Å². The highest BCUT2D eigenvalue weighted by molar-refractivity contribution is 5.29. The summed E-state index contributed by atoms with van der Waals surface area (Å²) in [6.45, 7) is 4.02. The molecular formula is C13H23F2N. The van der Waals surface area contributed by atoms with Gasteiger partial charge in [-0.05, 0) is 44.5 Å². The number of allylic oxidation sites excluding steroid dienone is 2. The Kier molecular flexibility index (Phi) is 8.08. The van der Waals surface area contributed by atoms with Gasteiger partial charge in [0.1, 0.15) is 5.83 Å². The van der Waals surface area contributed by atoms with Crippen molar-refractivity contribution in [1.29, 1.82) is 0 Å². The minimum atomic E-state index is -0.0106. The molecule has 0 aliphatic heterocycles. The summed E-state index contributed by atoms with van der Waals surface area (Å²) in [6.07, 6.45) is 9.30. The summed E-state index contributed by atoms with van der Waals surface area (Å²) >= 11 is 0. The summed E-state index contributed by atoms with van der Waals surface area (Å²) in [5.74, 6) is -0.0106. The maximum Gasteiger partial charge on any atom is 0.123 e. The van der Waals surface area contributed by atoms with Crippen LogP contribution in [0.15, 0.2) is 23.6 Å². The lowest BCUT2D eigenvalue weighted by Gasteiger charge is -2.19. The van der Waals surface area contributed by atoms with Gasteiger partial charge in [-0.1, -0.05) is 25.8 Å². The molecule has 1 nitrogen and oxygen atoms in total. The SMILES string of the molecule is CCCCCN(C)CC1=CCCC=C1F.F. The third-order valence-electron chi connectivity index (χ3n) is 2.77. The molecule has 0 N–H and O–H groups in total. The standard InChI is InChI=1S/C13H22FN.FH/c1-3-4-7-10-15(2)11-12-8-5-6-9-13(12)14;/h8-9H,3-7,10-11H2,1-2H3;1H. The normalized spacial score (nSPS) is 15.5. The zero-order valence-electron chi connectivity index (χ0n) is 10.3. The third kappa shape index (κ3) is 5.40. The Morgan fingerprint density at radius 2 is 1.94 bits per heavy atom. The van der Waals surface area contributed by atoms with E-state index >= 15 is 0 Å². The molecule has 0 amide bonds. The van der Waals surface area contributed by atoms with Gasteiger partial charge in [0.25, 0.3) is 0 Å². The average molecular weight is 231 g/mol. The number of nitrogens with zero attached hydrogens (tertiary/aromatic N) is 1. The fourth-order valence-electron chi connectivity index (χ4n) is 1.84. The van der Waals surface area contributed by atoms with Crippen LogP contribution in [0, 0.1) is 0 Å². The Balaban J connectivity index is 0.00000225. The van der Waals surface area contributed by atoms with Crippen LogP contribution in [0.5, 0.6) is 0 Å². The molecule has 0 aromatic carbocycles. The molecule has 0 unspecified atom stereocenters. The van der Waals surface area contributed by atoms with Crippen molar-refractivity contribution in [2.24, 2.45) is 0 Å². The van der Waals surface area contributed by atoms with E-state index in [4.69, 9.17) is 0 Å². The molecule has 0 saturated carbocycles. The van der Waals surface area contributed by atoms with E-state index in [1.165, 1.54) is 19.3 Å². The Morgan fingerprint density at radius 3 is 2.56 bits per heavy atom. The molecule has 0 aromatic heterocycles. The van der Waals surface area contributed by atoms with Gasteiger partial charge in [-0.2, -0.15) is 0 Å². The van der Waals surface area contributed by atoms with Crippen LogP contribution in [0.3, 0.4) is 0 Å². The molecule has 0 atom stereocenters. The molecular weight excluding hydrogens is 208 g/mol. The zero-order valence-corrected chi connectivity index (χ0v) is 10.3. The van der Waals surface area contributed by atoms with Crippen molar-refractivity contribution in [3.8, 4) is 0 Å². The van der Waals surface area contributed by atoms with Gasteiger partial charge in [0.05, 0.1) is 0 Å². The summed E-state index contributed by atoms with van der Waals surface area (Å²) in [6, 6.07) is 0. The minimum absolute atomic E-state index is 0. The van der Waals surface area contributed by atoms with Crippen molar-refractivity contribution in [1.82, 2.24) is 4.90 Å². The Hall–Kier alpha value is -0.700. The molecule has 0 heterocycles. The Labute approximate surface area is 97.4 Å². The monoisotopic (exact) mass is 231 g/mol. The Morgan fingerprint density at radius 1 is 1.25 bits per heavy atom. The van der Waals surface area contributed by atoms with E-state index in [1.54, 1.807) is 6.08 Å². The summed E-state index contributed by atoms with van der Waals surface area (Å²) in [5.41, 5.74) is 0.875. The fraction of sp³-hybridized carbons (Fsp3) is 0.692. The van der Waals surface area contributed by atoms with E-state index < -0.39 is 0 Å². The first-order valence-electron chi connectivity index (χ1n) is 5.97. The lowest BCUT2D eigenvalue weighted by Crippen LogP contribution is -2.23. The van der Waals surface area contributed by atoms with Crippen LogP contribution >= 0.6 is 0 Å². The minimum Gasteiger partial charge on any atom is -0.302 e. The number of rotatable bonds is 6. The quantitative estimate of drug-likeness (QED) is 0.628. The lowest BCUT2D eigenvalue weighted by atomic mass is 10.1. The summed E-state index contributed by atoms with van der Waals surface area (Å²) in [7, 11) is 2.07. The summed E-state index contributed by atoms with van der Waals surface area (Å²) < 4.78 is 13.4. The molecule has 0 saturated heterocycles. The topological polar surface area (TPSA) is 3.24 Å². The second kappa shape index (κ2) is 8.45. The fourth-order valence-corrected chi connectivity index (χ4v) is 1.84. The third-order valence-corrected chi connectivity index (χ3v) is 2.77. The zero-order chi connectivity index (χ0) is 11.1. The highest BCUT2D eigenvalue weighted by Gasteiger charge is 2.10. The molecule has 0 radical (unpaired) electrons. The molecule has 0 aromatic rings. The van der Waals surface area contributed by atoms with Gasteiger partial charge in [-0.15, -0.1) is 0 Å². The smallest absolute Gasteiger partial charge is 0.123 e. The average Bonchev–Trinajstić information content (AvgIpc) is 2.22. The van der Waals surface area contributed by atoms with Crippen LogP contribution in [0.1, 0.15) is 39.0 Å². The summed E-state index contributed by atoms with van der Waals surface area (Å²) in [5, 5.41) is 0. The van der Waals surface area contributed by atoms with E-state index in [2.05, 4.69) is 18.9 Å². The largest absolute Gasteiger partial charge is 0.302 e. The van der Waals surface area contributed by atoms with Crippen LogP contribution in [0.4, 0.5) is 9.09 Å². The number of hydrogen-bond donors (Lipinski definition) is 0. The molecule has 3 heteroatoms. The van der Waals surface area contributed by atoms with Gasteiger partial charge in [-0.25, -0.2) is 4.39 Å². The number of halogens is 2. The van der Waals surface area contributed by atoms with Crippen LogP contribution in [0.25, 0.3) is 0 Å². The van der Waals surface area contributed by atoms with Gasteiger partial charge in [-0.3, -0.25) is 4.70 Å². The van der Waals surface area contributed by atoms with E-state index in [9.17, 15) is 4.39 Å². The van der Waals surface area contributed by atoms with Crippen LogP contribution in [-0.4, -0.2) is 25.0 Å². The van der Waals surface area contributed by atoms with E-state index in [0.717, 1.165) is 31.5 Å². The Bertz CT molecular complexity index is 246.